The van der Waals surface area contributed by atoms with E-state index in [0.29, 0.717) is 17.8 Å². The highest BCUT2D eigenvalue weighted by Gasteiger charge is 2.24. The molecule has 5 nitrogen and oxygen atoms in total. The summed E-state index contributed by atoms with van der Waals surface area (Å²) < 4.78 is 22.8. The maximum Gasteiger partial charge on any atom is 0.254 e. The number of hydrogen-bond donors (Lipinski definition) is 1. The van der Waals surface area contributed by atoms with Crippen LogP contribution in [0.25, 0.3) is 0 Å². The van der Waals surface area contributed by atoms with Gasteiger partial charge in [0.1, 0.15) is 9.84 Å². The van der Waals surface area contributed by atoms with Crippen LogP contribution in [-0.4, -0.2) is 43.8 Å². The second kappa shape index (κ2) is 7.66. The lowest BCUT2D eigenvalue weighted by atomic mass is 10.1. The van der Waals surface area contributed by atoms with E-state index in [9.17, 15) is 13.2 Å². The van der Waals surface area contributed by atoms with Gasteiger partial charge in [-0.25, -0.2) is 8.42 Å². The molecule has 0 saturated heterocycles. The Balaban J connectivity index is 0.00000400. The number of aryl methyl sites for hydroxylation is 1. The molecule has 0 heterocycles. The van der Waals surface area contributed by atoms with Crippen LogP contribution in [0.5, 0.6) is 0 Å². The molecule has 1 aromatic carbocycles. The Morgan fingerprint density at radius 2 is 1.95 bits per heavy atom. The SMILES string of the molecule is CCN(C(=O)c1cc(N)ccc1C)C(C)CS(C)(=O)=O.Cl. The van der Waals surface area contributed by atoms with E-state index in [1.54, 1.807) is 30.0 Å². The van der Waals surface area contributed by atoms with Gasteiger partial charge >= 0.3 is 0 Å². The molecule has 7 heteroatoms. The number of sulfone groups is 1. The molecule has 0 fully saturated rings. The topological polar surface area (TPSA) is 80.5 Å². The molecular formula is C14H23ClN2O3S. The molecule has 1 atom stereocenters. The smallest absolute Gasteiger partial charge is 0.254 e. The van der Waals surface area contributed by atoms with Crippen molar-refractivity contribution in [1.82, 2.24) is 4.90 Å². The van der Waals surface area contributed by atoms with Crippen molar-refractivity contribution in [3.63, 3.8) is 0 Å². The van der Waals surface area contributed by atoms with E-state index >= 15 is 0 Å². The predicted octanol–water partition coefficient (Wildman–Crippen LogP) is 1.89. The zero-order valence-electron chi connectivity index (χ0n) is 12.8. The second-order valence-electron chi connectivity index (χ2n) is 5.11. The van der Waals surface area contributed by atoms with Crippen LogP contribution in [0, 0.1) is 6.92 Å². The lowest BCUT2D eigenvalue weighted by Gasteiger charge is -2.28. The Morgan fingerprint density at radius 1 is 1.38 bits per heavy atom. The summed E-state index contributed by atoms with van der Waals surface area (Å²) in [4.78, 5) is 14.1. The van der Waals surface area contributed by atoms with Gasteiger partial charge < -0.3 is 10.6 Å². The summed E-state index contributed by atoms with van der Waals surface area (Å²) in [6.07, 6.45) is 1.17. The molecule has 1 unspecified atom stereocenters. The lowest BCUT2D eigenvalue weighted by molar-refractivity contribution is 0.0718. The summed E-state index contributed by atoms with van der Waals surface area (Å²) in [6, 6.07) is 4.79. The summed E-state index contributed by atoms with van der Waals surface area (Å²) in [6.45, 7) is 5.86. The number of anilines is 1. The minimum atomic E-state index is -3.13. The van der Waals surface area contributed by atoms with Crippen molar-refractivity contribution >= 4 is 33.8 Å². The molecule has 0 aliphatic carbocycles. The van der Waals surface area contributed by atoms with E-state index in [-0.39, 0.29) is 30.1 Å². The van der Waals surface area contributed by atoms with Crippen molar-refractivity contribution in [3.05, 3.63) is 29.3 Å². The Labute approximate surface area is 132 Å². The Hall–Kier alpha value is -1.27. The Kier molecular flexibility index (Phi) is 7.19. The fourth-order valence-corrected chi connectivity index (χ4v) is 3.26. The van der Waals surface area contributed by atoms with Gasteiger partial charge in [-0.2, -0.15) is 0 Å². The second-order valence-corrected chi connectivity index (χ2v) is 7.29. The largest absolute Gasteiger partial charge is 0.399 e. The Morgan fingerprint density at radius 3 is 2.43 bits per heavy atom. The number of amides is 1. The predicted molar refractivity (Wildman–Crippen MR) is 88.7 cm³/mol. The number of benzene rings is 1. The molecule has 0 aromatic heterocycles. The maximum absolute atomic E-state index is 12.6. The molecule has 2 N–H and O–H groups in total. The quantitative estimate of drug-likeness (QED) is 0.834. The van der Waals surface area contributed by atoms with Crippen molar-refractivity contribution in [2.45, 2.75) is 26.8 Å². The summed E-state index contributed by atoms with van der Waals surface area (Å²) in [7, 11) is -3.13. The van der Waals surface area contributed by atoms with Gasteiger partial charge in [0.2, 0.25) is 0 Å². The highest BCUT2D eigenvalue weighted by molar-refractivity contribution is 7.90. The van der Waals surface area contributed by atoms with Gasteiger partial charge in [-0.3, -0.25) is 4.79 Å². The first-order valence-corrected chi connectivity index (χ1v) is 8.56. The van der Waals surface area contributed by atoms with Crippen LogP contribution in [0.1, 0.15) is 29.8 Å². The van der Waals surface area contributed by atoms with Gasteiger partial charge in [0.25, 0.3) is 5.91 Å². The molecular weight excluding hydrogens is 312 g/mol. The summed E-state index contributed by atoms with van der Waals surface area (Å²) >= 11 is 0. The third-order valence-electron chi connectivity index (χ3n) is 3.17. The van der Waals surface area contributed by atoms with Crippen LogP contribution in [-0.2, 0) is 9.84 Å². The molecule has 0 spiro atoms. The number of nitrogens with zero attached hydrogens (tertiary/aromatic N) is 1. The van der Waals surface area contributed by atoms with E-state index in [4.69, 9.17) is 5.73 Å². The van der Waals surface area contributed by atoms with Gasteiger partial charge in [-0.1, -0.05) is 6.07 Å². The minimum Gasteiger partial charge on any atom is -0.399 e. The van der Waals surface area contributed by atoms with Gasteiger partial charge in [-0.15, -0.1) is 12.4 Å². The van der Waals surface area contributed by atoms with Crippen molar-refractivity contribution in [1.29, 1.82) is 0 Å². The Bertz CT molecular complexity index is 602. The van der Waals surface area contributed by atoms with E-state index in [1.807, 2.05) is 13.8 Å². The number of nitrogen functional groups attached to an aromatic ring is 1. The zero-order chi connectivity index (χ0) is 15.5. The fourth-order valence-electron chi connectivity index (χ4n) is 2.21. The average molecular weight is 335 g/mol. The number of rotatable bonds is 5. The normalized spacial score (nSPS) is 12.4. The van der Waals surface area contributed by atoms with Crippen LogP contribution in [0.4, 0.5) is 5.69 Å². The third-order valence-corrected chi connectivity index (χ3v) is 4.26. The van der Waals surface area contributed by atoms with Crippen LogP contribution >= 0.6 is 12.4 Å². The summed E-state index contributed by atoms with van der Waals surface area (Å²) in [5, 5.41) is 0. The number of carbonyl (C=O) groups excluding carboxylic acids is 1. The van der Waals surface area contributed by atoms with E-state index in [2.05, 4.69) is 0 Å². The molecule has 1 aromatic rings. The highest BCUT2D eigenvalue weighted by atomic mass is 35.5. The number of nitrogens with two attached hydrogens (primary N) is 1. The zero-order valence-corrected chi connectivity index (χ0v) is 14.4. The van der Waals surface area contributed by atoms with Gasteiger partial charge in [0, 0.05) is 30.1 Å². The van der Waals surface area contributed by atoms with Gasteiger partial charge in [0.15, 0.2) is 0 Å². The molecule has 0 aliphatic heterocycles. The molecule has 0 aliphatic rings. The molecule has 0 saturated carbocycles. The fraction of sp³-hybridized carbons (Fsp3) is 0.500. The van der Waals surface area contributed by atoms with Crippen molar-refractivity contribution in [3.8, 4) is 0 Å². The molecule has 0 radical (unpaired) electrons. The first kappa shape index (κ1) is 19.7. The van der Waals surface area contributed by atoms with E-state index in [1.165, 1.54) is 6.26 Å². The molecule has 1 amide bonds. The first-order chi connectivity index (χ1) is 9.15. The van der Waals surface area contributed by atoms with Gasteiger partial charge in [0.05, 0.1) is 5.75 Å². The van der Waals surface area contributed by atoms with E-state index in [0.717, 1.165) is 5.56 Å². The van der Waals surface area contributed by atoms with Crippen molar-refractivity contribution in [2.75, 3.05) is 24.3 Å². The van der Waals surface area contributed by atoms with Gasteiger partial charge in [-0.05, 0) is 38.5 Å². The minimum absolute atomic E-state index is 0. The van der Waals surface area contributed by atoms with Crippen molar-refractivity contribution < 1.29 is 13.2 Å². The summed E-state index contributed by atoms with van der Waals surface area (Å²) in [5.41, 5.74) is 7.59. The summed E-state index contributed by atoms with van der Waals surface area (Å²) in [5.74, 6) is -0.234. The molecule has 21 heavy (non-hydrogen) atoms. The monoisotopic (exact) mass is 334 g/mol. The van der Waals surface area contributed by atoms with Crippen LogP contribution in [0.2, 0.25) is 0 Å². The number of halogens is 1. The van der Waals surface area contributed by atoms with Crippen molar-refractivity contribution in [2.24, 2.45) is 0 Å². The first-order valence-electron chi connectivity index (χ1n) is 6.50. The number of carbonyl (C=O) groups is 1. The molecule has 0 bridgehead atoms. The van der Waals surface area contributed by atoms with Crippen LogP contribution in [0.15, 0.2) is 18.2 Å². The maximum atomic E-state index is 12.6. The molecule has 1 rings (SSSR count). The lowest BCUT2D eigenvalue weighted by Crippen LogP contribution is -2.42. The van der Waals surface area contributed by atoms with Crippen LogP contribution in [0.3, 0.4) is 0 Å². The van der Waals surface area contributed by atoms with Crippen LogP contribution < -0.4 is 5.73 Å². The standard InChI is InChI=1S/C14H22N2O3S.ClH/c1-5-16(11(3)9-20(4,18)19)14(17)13-8-12(15)7-6-10(13)2;/h6-8,11H,5,9,15H2,1-4H3;1H. The number of hydrogen-bond acceptors (Lipinski definition) is 4. The third kappa shape index (κ3) is 5.55. The highest BCUT2D eigenvalue weighted by Crippen LogP contribution is 2.17. The molecule has 120 valence electrons. The van der Waals surface area contributed by atoms with E-state index < -0.39 is 9.84 Å². The average Bonchev–Trinajstić information content (AvgIpc) is 2.30.